The van der Waals surface area contributed by atoms with Gasteiger partial charge in [0.25, 0.3) is 15.9 Å². The fraction of sp³-hybridized carbons (Fsp3) is 0. The second kappa shape index (κ2) is 5.25. The summed E-state index contributed by atoms with van der Waals surface area (Å²) in [4.78, 5) is 17.3. The Balaban J connectivity index is 2.05. The number of hydrazine groups is 1. The number of thiazole rings is 1. The average Bonchev–Trinajstić information content (AvgIpc) is 2.91. The summed E-state index contributed by atoms with van der Waals surface area (Å²) in [5, 5.41) is 1.52. The van der Waals surface area contributed by atoms with Crippen molar-refractivity contribution in [3.05, 3.63) is 46.9 Å². The molecule has 0 radical (unpaired) electrons. The monoisotopic (exact) mass is 283 g/mol. The minimum absolute atomic E-state index is 0.0728. The van der Waals surface area contributed by atoms with E-state index < -0.39 is 15.9 Å². The van der Waals surface area contributed by atoms with Crippen molar-refractivity contribution < 1.29 is 13.2 Å². The van der Waals surface area contributed by atoms with E-state index in [2.05, 4.69) is 10.4 Å². The van der Waals surface area contributed by atoms with Gasteiger partial charge >= 0.3 is 0 Å². The van der Waals surface area contributed by atoms with Crippen LogP contribution >= 0.6 is 11.3 Å². The third-order valence-electron chi connectivity index (χ3n) is 2.02. The maximum atomic E-state index is 11.8. The number of benzene rings is 1. The summed E-state index contributed by atoms with van der Waals surface area (Å²) in [5.74, 6) is -0.601. The van der Waals surface area contributed by atoms with Crippen LogP contribution in [0.15, 0.2) is 46.1 Å². The van der Waals surface area contributed by atoms with Gasteiger partial charge in [-0.3, -0.25) is 10.2 Å². The first kappa shape index (κ1) is 12.7. The molecule has 1 aromatic carbocycles. The van der Waals surface area contributed by atoms with Crippen LogP contribution in [-0.4, -0.2) is 19.3 Å². The van der Waals surface area contributed by atoms with Gasteiger partial charge in [-0.05, 0) is 12.1 Å². The number of rotatable bonds is 4. The predicted molar refractivity (Wildman–Crippen MR) is 66.3 cm³/mol. The minimum atomic E-state index is -3.75. The third-order valence-corrected chi connectivity index (χ3v) is 3.87. The van der Waals surface area contributed by atoms with Crippen molar-refractivity contribution in [2.24, 2.45) is 0 Å². The number of carbonyl (C=O) groups excluding carboxylic acids is 1. The van der Waals surface area contributed by atoms with Crippen LogP contribution in [0, 0.1) is 0 Å². The van der Waals surface area contributed by atoms with E-state index in [0.29, 0.717) is 0 Å². The summed E-state index contributed by atoms with van der Waals surface area (Å²) in [5.41, 5.74) is 3.74. The van der Waals surface area contributed by atoms with Crippen molar-refractivity contribution in [3.63, 3.8) is 0 Å². The first-order valence-electron chi connectivity index (χ1n) is 4.85. The van der Waals surface area contributed by atoms with Crippen molar-refractivity contribution in [3.8, 4) is 0 Å². The maximum Gasteiger partial charge on any atom is 0.285 e. The summed E-state index contributed by atoms with van der Waals surface area (Å²) in [6.45, 7) is 0. The lowest BCUT2D eigenvalue weighted by Gasteiger charge is -2.06. The molecule has 2 rings (SSSR count). The van der Waals surface area contributed by atoms with Crippen LogP contribution < -0.4 is 10.3 Å². The van der Waals surface area contributed by atoms with E-state index in [-0.39, 0.29) is 10.6 Å². The quantitative estimate of drug-likeness (QED) is 0.811. The minimum Gasteiger partial charge on any atom is -0.272 e. The van der Waals surface area contributed by atoms with Crippen molar-refractivity contribution in [2.45, 2.75) is 4.90 Å². The number of amides is 1. The Labute approximate surface area is 108 Å². The smallest absolute Gasteiger partial charge is 0.272 e. The fourth-order valence-corrected chi connectivity index (χ4v) is 2.55. The van der Waals surface area contributed by atoms with Crippen molar-refractivity contribution in [1.82, 2.24) is 15.2 Å². The van der Waals surface area contributed by atoms with Crippen LogP contribution in [0.25, 0.3) is 0 Å². The standard InChI is InChI=1S/C10H9N3O3S2/c14-10(9-6-17-7-11-9)12-13-18(15,16)8-4-2-1-3-5-8/h1-7,13H,(H,12,14). The summed E-state index contributed by atoms with van der Waals surface area (Å²) >= 11 is 1.25. The number of nitrogens with zero attached hydrogens (tertiary/aromatic N) is 1. The van der Waals surface area contributed by atoms with Gasteiger partial charge in [0.2, 0.25) is 0 Å². The summed E-state index contributed by atoms with van der Waals surface area (Å²) < 4.78 is 23.5. The molecule has 0 spiro atoms. The lowest BCUT2D eigenvalue weighted by Crippen LogP contribution is -2.41. The number of carbonyl (C=O) groups is 1. The van der Waals surface area contributed by atoms with Crippen molar-refractivity contribution in [2.75, 3.05) is 0 Å². The van der Waals surface area contributed by atoms with Crippen LogP contribution in [0.4, 0.5) is 0 Å². The Hall–Kier alpha value is -1.77. The Morgan fingerprint density at radius 2 is 1.94 bits per heavy atom. The zero-order valence-corrected chi connectivity index (χ0v) is 10.7. The highest BCUT2D eigenvalue weighted by Gasteiger charge is 2.15. The highest BCUT2D eigenvalue weighted by Crippen LogP contribution is 2.06. The molecule has 8 heteroatoms. The van der Waals surface area contributed by atoms with E-state index in [1.807, 2.05) is 4.83 Å². The Bertz CT molecular complexity index is 624. The molecular formula is C10H9N3O3S2. The van der Waals surface area contributed by atoms with Crippen LogP contribution in [0.5, 0.6) is 0 Å². The molecule has 0 fully saturated rings. The first-order valence-corrected chi connectivity index (χ1v) is 7.27. The zero-order valence-electron chi connectivity index (χ0n) is 9.03. The molecule has 0 aliphatic heterocycles. The number of hydrogen-bond acceptors (Lipinski definition) is 5. The van der Waals surface area contributed by atoms with E-state index in [9.17, 15) is 13.2 Å². The molecular weight excluding hydrogens is 274 g/mol. The van der Waals surface area contributed by atoms with Crippen LogP contribution in [0.3, 0.4) is 0 Å². The van der Waals surface area contributed by atoms with Gasteiger partial charge in [-0.25, -0.2) is 13.4 Å². The molecule has 0 aliphatic carbocycles. The molecule has 94 valence electrons. The summed E-state index contributed by atoms with van der Waals surface area (Å²) in [6, 6.07) is 7.75. The lowest BCUT2D eigenvalue weighted by molar-refractivity contribution is 0.0941. The second-order valence-electron chi connectivity index (χ2n) is 3.25. The number of nitrogens with one attached hydrogen (secondary N) is 2. The van der Waals surface area contributed by atoms with Gasteiger partial charge in [0.05, 0.1) is 10.4 Å². The van der Waals surface area contributed by atoms with Gasteiger partial charge < -0.3 is 0 Å². The van der Waals surface area contributed by atoms with Crippen molar-refractivity contribution >= 4 is 27.3 Å². The molecule has 1 heterocycles. The number of hydrogen-bond donors (Lipinski definition) is 2. The molecule has 2 N–H and O–H groups in total. The molecule has 1 aromatic heterocycles. The third kappa shape index (κ3) is 2.92. The first-order chi connectivity index (χ1) is 8.59. The maximum absolute atomic E-state index is 11.8. The van der Waals surface area contributed by atoms with Gasteiger partial charge in [0.1, 0.15) is 5.69 Å². The largest absolute Gasteiger partial charge is 0.285 e. The topological polar surface area (TPSA) is 88.2 Å². The number of aromatic nitrogens is 1. The van der Waals surface area contributed by atoms with E-state index in [4.69, 9.17) is 0 Å². The fourth-order valence-electron chi connectivity index (χ4n) is 1.16. The Morgan fingerprint density at radius 1 is 1.22 bits per heavy atom. The van der Waals surface area contributed by atoms with Gasteiger partial charge in [0, 0.05) is 5.38 Å². The molecule has 0 unspecified atom stereocenters. The van der Waals surface area contributed by atoms with Crippen molar-refractivity contribution in [1.29, 1.82) is 0 Å². The predicted octanol–water partition coefficient (Wildman–Crippen LogP) is 0.766. The molecule has 0 bridgehead atoms. The molecule has 1 amide bonds. The highest BCUT2D eigenvalue weighted by atomic mass is 32.2. The molecule has 0 saturated heterocycles. The van der Waals surface area contributed by atoms with Gasteiger partial charge in [-0.15, -0.1) is 16.2 Å². The summed E-state index contributed by atoms with van der Waals surface area (Å²) in [6.07, 6.45) is 0. The summed E-state index contributed by atoms with van der Waals surface area (Å²) in [7, 11) is -3.75. The average molecular weight is 283 g/mol. The van der Waals surface area contributed by atoms with Crippen LogP contribution in [-0.2, 0) is 10.0 Å². The van der Waals surface area contributed by atoms with Gasteiger partial charge in [-0.2, -0.15) is 0 Å². The highest BCUT2D eigenvalue weighted by molar-refractivity contribution is 7.89. The molecule has 0 saturated carbocycles. The van der Waals surface area contributed by atoms with Gasteiger partial charge in [0.15, 0.2) is 0 Å². The second-order valence-corrected chi connectivity index (χ2v) is 5.65. The normalized spacial score (nSPS) is 11.1. The van der Waals surface area contributed by atoms with Crippen LogP contribution in [0.2, 0.25) is 0 Å². The molecule has 2 aromatic rings. The zero-order chi connectivity index (χ0) is 13.0. The lowest BCUT2D eigenvalue weighted by atomic mass is 10.4. The molecule has 18 heavy (non-hydrogen) atoms. The molecule has 0 aliphatic rings. The Morgan fingerprint density at radius 3 is 2.56 bits per heavy atom. The van der Waals surface area contributed by atoms with Gasteiger partial charge in [-0.1, -0.05) is 18.2 Å². The van der Waals surface area contributed by atoms with E-state index in [1.54, 1.807) is 18.2 Å². The SMILES string of the molecule is O=C(NNS(=O)(=O)c1ccccc1)c1cscn1. The van der Waals surface area contributed by atoms with E-state index >= 15 is 0 Å². The van der Waals surface area contributed by atoms with Crippen LogP contribution in [0.1, 0.15) is 10.5 Å². The molecule has 6 nitrogen and oxygen atoms in total. The Kier molecular flexibility index (Phi) is 3.70. The molecule has 0 atom stereocenters. The number of sulfonamides is 1. The van der Waals surface area contributed by atoms with E-state index in [1.165, 1.54) is 34.4 Å². The van der Waals surface area contributed by atoms with E-state index in [0.717, 1.165) is 0 Å².